The van der Waals surface area contributed by atoms with Crippen LogP contribution in [0.1, 0.15) is 24.2 Å². The van der Waals surface area contributed by atoms with E-state index in [1.807, 2.05) is 4.72 Å². The molecular weight excluding hydrogens is 322 g/mol. The van der Waals surface area contributed by atoms with Gasteiger partial charge in [0.15, 0.2) is 0 Å². The summed E-state index contributed by atoms with van der Waals surface area (Å²) in [6.45, 7) is 3.09. The highest BCUT2D eigenvalue weighted by Gasteiger charge is 2.28. The molecule has 0 aliphatic carbocycles. The lowest BCUT2D eigenvalue weighted by Crippen LogP contribution is -2.44. The van der Waals surface area contributed by atoms with Crippen molar-refractivity contribution >= 4 is 33.6 Å². The number of hydrogen-bond acceptors (Lipinski definition) is 4. The summed E-state index contributed by atoms with van der Waals surface area (Å²) < 4.78 is 26.3. The molecule has 0 aliphatic rings. The van der Waals surface area contributed by atoms with E-state index in [9.17, 15) is 18.0 Å². The molecule has 0 aromatic heterocycles. The third-order valence-electron chi connectivity index (χ3n) is 2.69. The second-order valence-electron chi connectivity index (χ2n) is 4.63. The van der Waals surface area contributed by atoms with Crippen LogP contribution in [0.4, 0.5) is 0 Å². The topological polar surface area (TPSA) is 121 Å². The molecule has 0 saturated heterocycles. The van der Waals surface area contributed by atoms with Crippen LogP contribution < -0.4 is 4.72 Å². The first-order valence-electron chi connectivity index (χ1n) is 5.84. The number of carboxylic acid groups (broad SMARTS) is 2. The van der Waals surface area contributed by atoms with Crippen molar-refractivity contribution in [2.75, 3.05) is 0 Å². The maximum Gasteiger partial charge on any atom is 0.337 e. The summed E-state index contributed by atoms with van der Waals surface area (Å²) in [6, 6.07) is 1.80. The highest BCUT2D eigenvalue weighted by Crippen LogP contribution is 2.21. The summed E-state index contributed by atoms with van der Waals surface area (Å²) in [7, 11) is -4.18. The number of benzene rings is 1. The number of halogens is 1. The number of aromatic carboxylic acids is 1. The number of aliphatic carboxylic acids is 1. The maximum absolute atomic E-state index is 12.1. The van der Waals surface area contributed by atoms with Crippen molar-refractivity contribution in [3.8, 4) is 0 Å². The Bertz CT molecular complexity index is 670. The molecule has 0 radical (unpaired) electrons. The van der Waals surface area contributed by atoms with Crippen molar-refractivity contribution in [1.29, 1.82) is 0 Å². The standard InChI is InChI=1S/C12H14ClNO6S/c1-6(2)10(12(17)18)14-21(19,20)7-3-4-9(13)8(5-7)11(15)16/h3-6,10,14H,1-2H3,(H,15,16)(H,17,18). The van der Waals surface area contributed by atoms with Gasteiger partial charge in [-0.25, -0.2) is 13.2 Å². The number of hydrogen-bond donors (Lipinski definition) is 3. The zero-order valence-corrected chi connectivity index (χ0v) is 12.8. The largest absolute Gasteiger partial charge is 0.480 e. The van der Waals surface area contributed by atoms with Gasteiger partial charge in [0.1, 0.15) is 6.04 Å². The van der Waals surface area contributed by atoms with Crippen LogP contribution in [-0.2, 0) is 14.8 Å². The third-order valence-corrected chi connectivity index (χ3v) is 4.46. The van der Waals surface area contributed by atoms with E-state index in [-0.39, 0.29) is 15.5 Å². The zero-order chi connectivity index (χ0) is 16.4. The van der Waals surface area contributed by atoms with Crippen molar-refractivity contribution in [3.63, 3.8) is 0 Å². The third kappa shape index (κ3) is 4.16. The molecule has 1 unspecified atom stereocenters. The Labute approximate surface area is 126 Å². The number of carbonyl (C=O) groups is 2. The highest BCUT2D eigenvalue weighted by atomic mass is 35.5. The normalized spacial score (nSPS) is 13.1. The number of carboxylic acids is 2. The molecule has 9 heteroatoms. The number of sulfonamides is 1. The van der Waals surface area contributed by atoms with Gasteiger partial charge in [-0.05, 0) is 24.1 Å². The lowest BCUT2D eigenvalue weighted by atomic mass is 10.1. The Balaban J connectivity index is 3.22. The molecule has 0 bridgehead atoms. The molecule has 1 aromatic carbocycles. The van der Waals surface area contributed by atoms with E-state index in [0.717, 1.165) is 18.2 Å². The predicted octanol–water partition coefficient (Wildman–Crippen LogP) is 1.43. The van der Waals surface area contributed by atoms with Gasteiger partial charge in [-0.3, -0.25) is 4.79 Å². The first kappa shape index (κ1) is 17.4. The van der Waals surface area contributed by atoms with Crippen molar-refractivity contribution in [2.24, 2.45) is 5.92 Å². The lowest BCUT2D eigenvalue weighted by molar-refractivity contribution is -0.140. The van der Waals surface area contributed by atoms with Crippen molar-refractivity contribution < 1.29 is 28.2 Å². The molecule has 0 spiro atoms. The lowest BCUT2D eigenvalue weighted by Gasteiger charge is -2.18. The number of rotatable bonds is 6. The van der Waals surface area contributed by atoms with Crippen LogP contribution in [0.5, 0.6) is 0 Å². The Hall–Kier alpha value is -1.64. The van der Waals surface area contributed by atoms with Crippen LogP contribution in [0.25, 0.3) is 0 Å². The van der Waals surface area contributed by atoms with Gasteiger partial charge in [-0.15, -0.1) is 0 Å². The van der Waals surface area contributed by atoms with Crippen LogP contribution in [0.2, 0.25) is 5.02 Å². The van der Waals surface area contributed by atoms with Gasteiger partial charge in [0, 0.05) is 0 Å². The molecule has 1 rings (SSSR count). The van der Waals surface area contributed by atoms with Gasteiger partial charge in [0.2, 0.25) is 10.0 Å². The van der Waals surface area contributed by atoms with E-state index < -0.39 is 33.9 Å². The molecule has 7 nitrogen and oxygen atoms in total. The van der Waals surface area contributed by atoms with E-state index in [2.05, 4.69) is 0 Å². The second-order valence-corrected chi connectivity index (χ2v) is 6.75. The molecule has 0 amide bonds. The molecule has 0 aliphatic heterocycles. The monoisotopic (exact) mass is 335 g/mol. The average molecular weight is 336 g/mol. The zero-order valence-electron chi connectivity index (χ0n) is 11.2. The van der Waals surface area contributed by atoms with Crippen LogP contribution in [-0.4, -0.2) is 36.6 Å². The first-order valence-corrected chi connectivity index (χ1v) is 7.70. The Morgan fingerprint density at radius 1 is 1.24 bits per heavy atom. The van der Waals surface area contributed by atoms with Gasteiger partial charge < -0.3 is 10.2 Å². The summed E-state index contributed by atoms with van der Waals surface area (Å²) >= 11 is 5.66. The SMILES string of the molecule is CC(C)C(NS(=O)(=O)c1ccc(Cl)c(C(=O)O)c1)C(=O)O. The molecule has 1 atom stereocenters. The fraction of sp³-hybridized carbons (Fsp3) is 0.333. The maximum atomic E-state index is 12.1. The van der Waals surface area contributed by atoms with Gasteiger partial charge in [0.25, 0.3) is 0 Å². The molecule has 21 heavy (non-hydrogen) atoms. The van der Waals surface area contributed by atoms with E-state index in [4.69, 9.17) is 21.8 Å². The summed E-state index contributed by atoms with van der Waals surface area (Å²) in [6.07, 6.45) is 0. The van der Waals surface area contributed by atoms with Gasteiger partial charge in [-0.1, -0.05) is 25.4 Å². The Kier molecular flexibility index (Phi) is 5.32. The molecule has 0 heterocycles. The minimum atomic E-state index is -4.18. The van der Waals surface area contributed by atoms with Crippen molar-refractivity contribution in [2.45, 2.75) is 24.8 Å². The first-order chi connectivity index (χ1) is 9.56. The van der Waals surface area contributed by atoms with E-state index in [1.165, 1.54) is 0 Å². The second kappa shape index (κ2) is 6.42. The van der Waals surface area contributed by atoms with Gasteiger partial charge in [0.05, 0.1) is 15.5 Å². The predicted molar refractivity (Wildman–Crippen MR) is 75.0 cm³/mol. The van der Waals surface area contributed by atoms with Gasteiger partial charge >= 0.3 is 11.9 Å². The van der Waals surface area contributed by atoms with Crippen LogP contribution in [0, 0.1) is 5.92 Å². The molecule has 0 fully saturated rings. The minimum Gasteiger partial charge on any atom is -0.480 e. The quantitative estimate of drug-likeness (QED) is 0.723. The Morgan fingerprint density at radius 2 is 1.81 bits per heavy atom. The smallest absolute Gasteiger partial charge is 0.337 e. The fourth-order valence-electron chi connectivity index (χ4n) is 1.54. The van der Waals surface area contributed by atoms with Crippen LogP contribution >= 0.6 is 11.6 Å². The molecule has 116 valence electrons. The van der Waals surface area contributed by atoms with E-state index in [1.54, 1.807) is 13.8 Å². The van der Waals surface area contributed by atoms with E-state index in [0.29, 0.717) is 0 Å². The minimum absolute atomic E-state index is 0.111. The summed E-state index contributed by atoms with van der Waals surface area (Å²) in [5, 5.41) is 17.8. The van der Waals surface area contributed by atoms with Crippen LogP contribution in [0.15, 0.2) is 23.1 Å². The summed E-state index contributed by atoms with van der Waals surface area (Å²) in [5.74, 6) is -3.18. The fourth-order valence-corrected chi connectivity index (χ4v) is 3.10. The molecular formula is C12H14ClNO6S. The molecule has 0 saturated carbocycles. The van der Waals surface area contributed by atoms with Crippen molar-refractivity contribution in [1.82, 2.24) is 4.72 Å². The Morgan fingerprint density at radius 3 is 2.24 bits per heavy atom. The molecule has 1 aromatic rings. The molecule has 3 N–H and O–H groups in total. The van der Waals surface area contributed by atoms with Crippen molar-refractivity contribution in [3.05, 3.63) is 28.8 Å². The summed E-state index contributed by atoms with van der Waals surface area (Å²) in [4.78, 5) is 21.6. The summed E-state index contributed by atoms with van der Waals surface area (Å²) in [5.41, 5.74) is -0.379. The number of nitrogens with one attached hydrogen (secondary N) is 1. The average Bonchev–Trinajstić information content (AvgIpc) is 2.35. The van der Waals surface area contributed by atoms with Gasteiger partial charge in [-0.2, -0.15) is 4.72 Å². The highest BCUT2D eigenvalue weighted by molar-refractivity contribution is 7.89. The van der Waals surface area contributed by atoms with E-state index >= 15 is 0 Å². The van der Waals surface area contributed by atoms with Crippen LogP contribution in [0.3, 0.4) is 0 Å².